The first-order valence-corrected chi connectivity index (χ1v) is 6.96. The van der Waals surface area contributed by atoms with Crippen LogP contribution in [0.2, 0.25) is 0 Å². The number of ether oxygens (including phenoxy) is 1. The Bertz CT molecular complexity index is 621. The second-order valence-corrected chi connectivity index (χ2v) is 4.73. The molecule has 4 nitrogen and oxygen atoms in total. The highest BCUT2D eigenvalue weighted by Crippen LogP contribution is 2.27. The smallest absolute Gasteiger partial charge is 0.248 e. The van der Waals surface area contributed by atoms with Gasteiger partial charge in [-0.3, -0.25) is 4.79 Å². The Kier molecular flexibility index (Phi) is 4.95. The first kappa shape index (κ1) is 15.1. The first-order valence-electron chi connectivity index (χ1n) is 6.96. The van der Waals surface area contributed by atoms with Crippen molar-refractivity contribution in [1.82, 2.24) is 5.32 Å². The van der Waals surface area contributed by atoms with Crippen LogP contribution in [0.1, 0.15) is 22.8 Å². The molecule has 1 amide bonds. The molecule has 2 aromatic carbocycles. The summed E-state index contributed by atoms with van der Waals surface area (Å²) < 4.78 is 5.63. The maximum Gasteiger partial charge on any atom is 0.248 e. The topological polar surface area (TPSA) is 64.3 Å². The quantitative estimate of drug-likeness (QED) is 0.857. The Morgan fingerprint density at radius 2 is 1.81 bits per heavy atom. The molecule has 0 aliphatic rings. The number of primary amides is 1. The van der Waals surface area contributed by atoms with Crippen LogP contribution in [-0.2, 0) is 6.54 Å². The lowest BCUT2D eigenvalue weighted by Gasteiger charge is -2.12. The van der Waals surface area contributed by atoms with Crippen molar-refractivity contribution < 1.29 is 9.53 Å². The first-order chi connectivity index (χ1) is 10.2. The van der Waals surface area contributed by atoms with Gasteiger partial charge in [0.15, 0.2) is 0 Å². The predicted molar refractivity (Wildman–Crippen MR) is 84.3 cm³/mol. The van der Waals surface area contributed by atoms with Gasteiger partial charge in [0.2, 0.25) is 5.91 Å². The van der Waals surface area contributed by atoms with E-state index >= 15 is 0 Å². The Morgan fingerprint density at radius 1 is 1.14 bits per heavy atom. The molecule has 0 heterocycles. The van der Waals surface area contributed by atoms with Crippen LogP contribution >= 0.6 is 0 Å². The molecule has 4 heteroatoms. The highest BCUT2D eigenvalue weighted by atomic mass is 16.5. The van der Waals surface area contributed by atoms with Crippen LogP contribution in [0.3, 0.4) is 0 Å². The number of hydrogen-bond donors (Lipinski definition) is 2. The van der Waals surface area contributed by atoms with Crippen LogP contribution in [0.5, 0.6) is 5.75 Å². The molecular weight excluding hydrogens is 264 g/mol. The molecule has 110 valence electrons. The molecule has 0 atom stereocenters. The lowest BCUT2D eigenvalue weighted by Crippen LogP contribution is -2.10. The minimum absolute atomic E-state index is 0.413. The van der Waals surface area contributed by atoms with Crippen LogP contribution in [0.15, 0.2) is 42.5 Å². The molecule has 0 unspecified atom stereocenters. The van der Waals surface area contributed by atoms with Gasteiger partial charge >= 0.3 is 0 Å². The third kappa shape index (κ3) is 3.61. The second-order valence-electron chi connectivity index (χ2n) is 4.73. The molecule has 0 radical (unpaired) electrons. The van der Waals surface area contributed by atoms with Gasteiger partial charge in [-0.15, -0.1) is 0 Å². The van der Waals surface area contributed by atoms with Crippen LogP contribution in [0.4, 0.5) is 0 Å². The van der Waals surface area contributed by atoms with Crippen LogP contribution in [-0.4, -0.2) is 19.6 Å². The van der Waals surface area contributed by atoms with Crippen LogP contribution in [0.25, 0.3) is 11.1 Å². The van der Waals surface area contributed by atoms with Crippen molar-refractivity contribution in [2.24, 2.45) is 5.73 Å². The fourth-order valence-electron chi connectivity index (χ4n) is 2.21. The maximum absolute atomic E-state index is 11.1. The zero-order valence-corrected chi connectivity index (χ0v) is 12.3. The monoisotopic (exact) mass is 284 g/mol. The third-order valence-electron chi connectivity index (χ3n) is 3.23. The molecule has 0 fully saturated rings. The highest BCUT2D eigenvalue weighted by Gasteiger charge is 2.07. The van der Waals surface area contributed by atoms with Crippen molar-refractivity contribution in [3.63, 3.8) is 0 Å². The average molecular weight is 284 g/mol. The number of amides is 1. The van der Waals surface area contributed by atoms with Crippen molar-refractivity contribution in [1.29, 1.82) is 0 Å². The van der Waals surface area contributed by atoms with E-state index in [1.165, 1.54) is 0 Å². The number of carbonyl (C=O) groups excluding carboxylic acids is 1. The Hall–Kier alpha value is -2.33. The lowest BCUT2D eigenvalue weighted by molar-refractivity contribution is 0.100. The van der Waals surface area contributed by atoms with Gasteiger partial charge in [0, 0.05) is 17.7 Å². The molecule has 0 saturated carbocycles. The molecule has 0 aliphatic heterocycles. The summed E-state index contributed by atoms with van der Waals surface area (Å²) in [6.07, 6.45) is 0. The summed E-state index contributed by atoms with van der Waals surface area (Å²) in [5, 5.41) is 3.14. The summed E-state index contributed by atoms with van der Waals surface area (Å²) in [5.74, 6) is 0.480. The van der Waals surface area contributed by atoms with Gasteiger partial charge < -0.3 is 15.8 Å². The highest BCUT2D eigenvalue weighted by molar-refractivity contribution is 5.93. The van der Waals surface area contributed by atoms with E-state index < -0.39 is 5.91 Å². The lowest BCUT2D eigenvalue weighted by atomic mass is 10.0. The van der Waals surface area contributed by atoms with E-state index in [9.17, 15) is 4.79 Å². The van der Waals surface area contributed by atoms with Gasteiger partial charge in [-0.25, -0.2) is 0 Å². The summed E-state index contributed by atoms with van der Waals surface area (Å²) in [4.78, 5) is 11.1. The van der Waals surface area contributed by atoms with E-state index in [-0.39, 0.29) is 0 Å². The minimum atomic E-state index is -0.413. The van der Waals surface area contributed by atoms with E-state index in [1.54, 1.807) is 12.1 Å². The molecule has 0 bridgehead atoms. The summed E-state index contributed by atoms with van der Waals surface area (Å²) in [6.45, 7) is 3.35. The van der Waals surface area contributed by atoms with E-state index in [1.807, 2.05) is 38.2 Å². The van der Waals surface area contributed by atoms with Gasteiger partial charge in [-0.1, -0.05) is 18.2 Å². The zero-order valence-electron chi connectivity index (χ0n) is 12.3. The van der Waals surface area contributed by atoms with E-state index in [0.717, 1.165) is 29.0 Å². The number of nitrogens with two attached hydrogens (primary N) is 1. The standard InChI is InChI=1S/C17H20N2O2/c1-3-21-16-9-8-14(10-15(16)11-19-2)12-4-6-13(7-5-12)17(18)20/h4-10,19H,3,11H2,1-2H3,(H2,18,20). The average Bonchev–Trinajstić information content (AvgIpc) is 2.49. The Labute approximate surface area is 124 Å². The van der Waals surface area contributed by atoms with Gasteiger partial charge in [0.25, 0.3) is 0 Å². The Balaban J connectivity index is 2.34. The van der Waals surface area contributed by atoms with Crippen molar-refractivity contribution in [2.45, 2.75) is 13.5 Å². The summed E-state index contributed by atoms with van der Waals surface area (Å²) in [5.41, 5.74) is 9.00. The third-order valence-corrected chi connectivity index (χ3v) is 3.23. The molecule has 0 spiro atoms. The normalized spacial score (nSPS) is 10.4. The zero-order chi connectivity index (χ0) is 15.2. The van der Waals surface area contributed by atoms with Gasteiger partial charge in [-0.05, 0) is 49.4 Å². The predicted octanol–water partition coefficient (Wildman–Crippen LogP) is 2.57. The SMILES string of the molecule is CCOc1ccc(-c2ccc(C(N)=O)cc2)cc1CNC. The summed E-state index contributed by atoms with van der Waals surface area (Å²) in [7, 11) is 1.91. The molecular formula is C17H20N2O2. The largest absolute Gasteiger partial charge is 0.494 e. The molecule has 0 saturated heterocycles. The number of benzene rings is 2. The Morgan fingerprint density at radius 3 is 2.38 bits per heavy atom. The van der Waals surface area contributed by atoms with E-state index in [4.69, 9.17) is 10.5 Å². The van der Waals surface area contributed by atoms with Gasteiger partial charge in [0.1, 0.15) is 5.75 Å². The fourth-order valence-corrected chi connectivity index (χ4v) is 2.21. The van der Waals surface area contributed by atoms with Crippen molar-refractivity contribution >= 4 is 5.91 Å². The fraction of sp³-hybridized carbons (Fsp3) is 0.235. The number of rotatable bonds is 6. The number of carbonyl (C=O) groups is 1. The molecule has 0 aliphatic carbocycles. The number of hydrogen-bond acceptors (Lipinski definition) is 3. The molecule has 3 N–H and O–H groups in total. The number of nitrogens with one attached hydrogen (secondary N) is 1. The summed E-state index contributed by atoms with van der Waals surface area (Å²) in [6, 6.07) is 13.4. The van der Waals surface area contributed by atoms with Crippen LogP contribution in [0, 0.1) is 0 Å². The molecule has 21 heavy (non-hydrogen) atoms. The minimum Gasteiger partial charge on any atom is -0.494 e. The van der Waals surface area contributed by atoms with Crippen molar-refractivity contribution in [3.05, 3.63) is 53.6 Å². The van der Waals surface area contributed by atoms with Crippen molar-refractivity contribution in [2.75, 3.05) is 13.7 Å². The van der Waals surface area contributed by atoms with E-state index in [2.05, 4.69) is 11.4 Å². The van der Waals surface area contributed by atoms with Crippen molar-refractivity contribution in [3.8, 4) is 16.9 Å². The molecule has 2 aromatic rings. The van der Waals surface area contributed by atoms with E-state index in [0.29, 0.717) is 12.2 Å². The molecule has 0 aromatic heterocycles. The molecule has 2 rings (SSSR count). The van der Waals surface area contributed by atoms with Gasteiger partial charge in [-0.2, -0.15) is 0 Å². The second kappa shape index (κ2) is 6.90. The van der Waals surface area contributed by atoms with Gasteiger partial charge in [0.05, 0.1) is 6.61 Å². The van der Waals surface area contributed by atoms with Crippen LogP contribution < -0.4 is 15.8 Å². The maximum atomic E-state index is 11.1. The summed E-state index contributed by atoms with van der Waals surface area (Å²) >= 11 is 0.